The van der Waals surface area contributed by atoms with Gasteiger partial charge < -0.3 is 14.4 Å². The Bertz CT molecular complexity index is 496. The first-order chi connectivity index (χ1) is 9.40. The van der Waals surface area contributed by atoms with Crippen LogP contribution in [-0.4, -0.2) is 42.7 Å². The van der Waals surface area contributed by atoms with Gasteiger partial charge in [0, 0.05) is 18.1 Å². The zero-order valence-electron chi connectivity index (χ0n) is 12.1. The number of benzene rings is 1. The Kier molecular flexibility index (Phi) is 4.55. The van der Waals surface area contributed by atoms with Crippen molar-refractivity contribution in [1.29, 1.82) is 0 Å². The largest absolute Gasteiger partial charge is 0.478 e. The minimum absolute atomic E-state index is 0.0200. The number of hydrogen-bond acceptors (Lipinski definition) is 3. The van der Waals surface area contributed by atoms with E-state index in [1.54, 1.807) is 30.9 Å². The zero-order chi connectivity index (χ0) is 14.8. The van der Waals surface area contributed by atoms with Crippen LogP contribution in [0, 0.1) is 6.92 Å². The third-order valence-electron chi connectivity index (χ3n) is 3.32. The molecule has 0 atom stereocenters. The Morgan fingerprint density at radius 2 is 2.00 bits per heavy atom. The van der Waals surface area contributed by atoms with Crippen molar-refractivity contribution < 1.29 is 14.3 Å². The topological polar surface area (TPSA) is 38.8 Å². The summed E-state index contributed by atoms with van der Waals surface area (Å²) in [7, 11) is 0. The van der Waals surface area contributed by atoms with E-state index in [0.29, 0.717) is 37.1 Å². The lowest BCUT2D eigenvalue weighted by Gasteiger charge is -2.34. The number of halogens is 1. The second kappa shape index (κ2) is 6.02. The zero-order valence-corrected chi connectivity index (χ0v) is 12.9. The molecule has 4 nitrogen and oxygen atoms in total. The van der Waals surface area contributed by atoms with Crippen LogP contribution in [0.1, 0.15) is 19.4 Å². The van der Waals surface area contributed by atoms with Gasteiger partial charge in [-0.1, -0.05) is 11.6 Å². The number of nitrogens with zero attached hydrogens (tertiary/aromatic N) is 1. The highest BCUT2D eigenvalue weighted by Gasteiger charge is 2.35. The summed E-state index contributed by atoms with van der Waals surface area (Å²) in [5.41, 5.74) is 0.0243. The molecule has 1 amide bonds. The van der Waals surface area contributed by atoms with Crippen molar-refractivity contribution in [1.82, 2.24) is 4.90 Å². The Labute approximate surface area is 124 Å². The molecule has 0 bridgehead atoms. The first kappa shape index (κ1) is 15.1. The van der Waals surface area contributed by atoms with E-state index < -0.39 is 5.60 Å². The number of hydrogen-bond donors (Lipinski definition) is 0. The van der Waals surface area contributed by atoms with Gasteiger partial charge in [-0.3, -0.25) is 4.79 Å². The third kappa shape index (κ3) is 3.44. The van der Waals surface area contributed by atoms with Crippen LogP contribution in [0.25, 0.3) is 0 Å². The van der Waals surface area contributed by atoms with Gasteiger partial charge in [0.2, 0.25) is 0 Å². The predicted octanol–water partition coefficient (Wildman–Crippen LogP) is 2.66. The summed E-state index contributed by atoms with van der Waals surface area (Å²) in [5.74, 6) is 0.631. The number of ether oxygens (including phenoxy) is 2. The molecule has 110 valence electrons. The fraction of sp³-hybridized carbons (Fsp3) is 0.533. The van der Waals surface area contributed by atoms with Gasteiger partial charge in [-0.15, -0.1) is 0 Å². The molecule has 0 N–H and O–H groups in total. The number of rotatable bonds is 3. The van der Waals surface area contributed by atoms with Crippen LogP contribution in [0.15, 0.2) is 18.2 Å². The van der Waals surface area contributed by atoms with Crippen LogP contribution in [0.2, 0.25) is 5.02 Å². The summed E-state index contributed by atoms with van der Waals surface area (Å²) in [5, 5.41) is 0.690. The minimum atomic E-state index is -0.905. The molecule has 0 aliphatic carbocycles. The van der Waals surface area contributed by atoms with Crippen molar-refractivity contribution in [2.75, 3.05) is 26.3 Å². The van der Waals surface area contributed by atoms with Crippen LogP contribution in [-0.2, 0) is 9.53 Å². The smallest absolute Gasteiger partial charge is 0.266 e. The van der Waals surface area contributed by atoms with Crippen LogP contribution in [0.4, 0.5) is 0 Å². The number of carbonyl (C=O) groups excluding carboxylic acids is 1. The van der Waals surface area contributed by atoms with E-state index in [-0.39, 0.29) is 5.91 Å². The summed E-state index contributed by atoms with van der Waals surface area (Å²) >= 11 is 5.99. The minimum Gasteiger partial charge on any atom is -0.478 e. The number of carbonyl (C=O) groups is 1. The number of aryl methyl sites for hydroxylation is 1. The Balaban J connectivity index is 2.08. The van der Waals surface area contributed by atoms with E-state index in [0.717, 1.165) is 5.56 Å². The summed E-state index contributed by atoms with van der Waals surface area (Å²) in [6.07, 6.45) is 0. The molecule has 2 rings (SSSR count). The molecule has 20 heavy (non-hydrogen) atoms. The second-order valence-corrected chi connectivity index (χ2v) is 5.84. The molecular weight excluding hydrogens is 278 g/mol. The predicted molar refractivity (Wildman–Crippen MR) is 78.3 cm³/mol. The summed E-state index contributed by atoms with van der Waals surface area (Å²) in [6.45, 7) is 7.88. The summed E-state index contributed by atoms with van der Waals surface area (Å²) in [6, 6.07) is 5.40. The molecule has 1 aromatic carbocycles. The van der Waals surface area contributed by atoms with E-state index in [1.807, 2.05) is 13.0 Å². The van der Waals surface area contributed by atoms with Crippen LogP contribution < -0.4 is 4.74 Å². The molecule has 0 radical (unpaired) electrons. The molecule has 1 aromatic rings. The van der Waals surface area contributed by atoms with Crippen LogP contribution >= 0.6 is 11.6 Å². The fourth-order valence-corrected chi connectivity index (χ4v) is 2.28. The molecule has 1 heterocycles. The van der Waals surface area contributed by atoms with E-state index in [9.17, 15) is 4.79 Å². The Morgan fingerprint density at radius 1 is 1.35 bits per heavy atom. The van der Waals surface area contributed by atoms with Crippen molar-refractivity contribution in [3.8, 4) is 5.75 Å². The van der Waals surface area contributed by atoms with E-state index >= 15 is 0 Å². The molecule has 5 heteroatoms. The molecular formula is C15H20ClNO3. The van der Waals surface area contributed by atoms with Gasteiger partial charge in [-0.25, -0.2) is 0 Å². The molecule has 0 spiro atoms. The standard InChI is InChI=1S/C15H20ClNO3/c1-11-10-12(4-5-13(11)16)20-15(2,3)14(18)17-6-8-19-9-7-17/h4-5,10H,6-9H2,1-3H3. The third-order valence-corrected chi connectivity index (χ3v) is 3.74. The quantitative estimate of drug-likeness (QED) is 0.861. The van der Waals surface area contributed by atoms with Gasteiger partial charge in [0.25, 0.3) is 5.91 Å². The maximum Gasteiger partial charge on any atom is 0.266 e. The van der Waals surface area contributed by atoms with Gasteiger partial charge in [0.05, 0.1) is 13.2 Å². The summed E-state index contributed by atoms with van der Waals surface area (Å²) < 4.78 is 11.1. The van der Waals surface area contributed by atoms with Crippen molar-refractivity contribution in [3.05, 3.63) is 28.8 Å². The van der Waals surface area contributed by atoms with Gasteiger partial charge >= 0.3 is 0 Å². The second-order valence-electron chi connectivity index (χ2n) is 5.43. The van der Waals surface area contributed by atoms with E-state index in [4.69, 9.17) is 21.1 Å². The normalized spacial score (nSPS) is 16.1. The maximum atomic E-state index is 12.5. The van der Waals surface area contributed by atoms with Crippen molar-refractivity contribution in [3.63, 3.8) is 0 Å². The van der Waals surface area contributed by atoms with Gasteiger partial charge in [-0.05, 0) is 44.5 Å². The maximum absolute atomic E-state index is 12.5. The molecule has 1 saturated heterocycles. The molecule has 0 unspecified atom stereocenters. The Hall–Kier alpha value is -1.26. The molecule has 1 fully saturated rings. The first-order valence-corrected chi connectivity index (χ1v) is 7.10. The Morgan fingerprint density at radius 3 is 2.60 bits per heavy atom. The van der Waals surface area contributed by atoms with Crippen LogP contribution in [0.3, 0.4) is 0 Å². The lowest BCUT2D eigenvalue weighted by molar-refractivity contribution is -0.149. The van der Waals surface area contributed by atoms with Gasteiger partial charge in [0.1, 0.15) is 5.75 Å². The van der Waals surface area contributed by atoms with E-state index in [2.05, 4.69) is 0 Å². The fourth-order valence-electron chi connectivity index (χ4n) is 2.17. The van der Waals surface area contributed by atoms with E-state index in [1.165, 1.54) is 0 Å². The molecule has 1 aliphatic heterocycles. The molecule has 1 aliphatic rings. The number of amides is 1. The molecule has 0 saturated carbocycles. The lowest BCUT2D eigenvalue weighted by Crippen LogP contribution is -2.52. The highest BCUT2D eigenvalue weighted by molar-refractivity contribution is 6.31. The SMILES string of the molecule is Cc1cc(OC(C)(C)C(=O)N2CCOCC2)ccc1Cl. The highest BCUT2D eigenvalue weighted by Crippen LogP contribution is 2.25. The van der Waals surface area contributed by atoms with Gasteiger partial charge in [-0.2, -0.15) is 0 Å². The van der Waals surface area contributed by atoms with Crippen molar-refractivity contribution in [2.45, 2.75) is 26.4 Å². The average molecular weight is 298 g/mol. The van der Waals surface area contributed by atoms with Gasteiger partial charge in [0.15, 0.2) is 5.60 Å². The van der Waals surface area contributed by atoms with Crippen molar-refractivity contribution in [2.24, 2.45) is 0 Å². The first-order valence-electron chi connectivity index (χ1n) is 6.72. The number of morpholine rings is 1. The highest BCUT2D eigenvalue weighted by atomic mass is 35.5. The van der Waals surface area contributed by atoms with Crippen LogP contribution in [0.5, 0.6) is 5.75 Å². The molecule has 0 aromatic heterocycles. The lowest BCUT2D eigenvalue weighted by atomic mass is 10.1. The average Bonchev–Trinajstić information content (AvgIpc) is 2.43. The monoisotopic (exact) mass is 297 g/mol. The summed E-state index contributed by atoms with van der Waals surface area (Å²) in [4.78, 5) is 14.3. The van der Waals surface area contributed by atoms with Crippen molar-refractivity contribution >= 4 is 17.5 Å².